The van der Waals surface area contributed by atoms with Gasteiger partial charge in [-0.2, -0.15) is 0 Å². The zero-order valence-corrected chi connectivity index (χ0v) is 11.3. The highest BCUT2D eigenvalue weighted by atomic mass is 16.6. The van der Waals surface area contributed by atoms with Crippen molar-refractivity contribution in [3.05, 3.63) is 39.9 Å². The average Bonchev–Trinajstić information content (AvgIpc) is 2.37. The third-order valence-corrected chi connectivity index (χ3v) is 2.96. The van der Waals surface area contributed by atoms with Crippen molar-refractivity contribution < 1.29 is 9.72 Å². The molecule has 0 bridgehead atoms. The SMILES string of the molecule is CC(NC(=O)C(N)C(C)C)c1cccc([N+](=O)[O-])c1. The van der Waals surface area contributed by atoms with Gasteiger partial charge in [0.2, 0.25) is 5.91 Å². The molecule has 104 valence electrons. The van der Waals surface area contributed by atoms with Crippen LogP contribution in [0.5, 0.6) is 0 Å². The molecule has 0 aliphatic heterocycles. The van der Waals surface area contributed by atoms with E-state index in [4.69, 9.17) is 5.73 Å². The summed E-state index contributed by atoms with van der Waals surface area (Å²) in [6.07, 6.45) is 0. The van der Waals surface area contributed by atoms with Gasteiger partial charge in [-0.1, -0.05) is 26.0 Å². The lowest BCUT2D eigenvalue weighted by atomic mass is 10.0. The number of rotatable bonds is 5. The van der Waals surface area contributed by atoms with Crippen LogP contribution >= 0.6 is 0 Å². The van der Waals surface area contributed by atoms with Gasteiger partial charge in [0.1, 0.15) is 0 Å². The van der Waals surface area contributed by atoms with Crippen LogP contribution in [0, 0.1) is 16.0 Å². The molecule has 0 spiro atoms. The van der Waals surface area contributed by atoms with Gasteiger partial charge in [-0.05, 0) is 18.4 Å². The van der Waals surface area contributed by atoms with Crippen LogP contribution in [-0.4, -0.2) is 16.9 Å². The molecule has 1 aromatic rings. The van der Waals surface area contributed by atoms with Crippen molar-refractivity contribution in [1.82, 2.24) is 5.32 Å². The summed E-state index contributed by atoms with van der Waals surface area (Å²) in [5.41, 5.74) is 6.43. The molecule has 1 aromatic carbocycles. The number of hydrogen-bond donors (Lipinski definition) is 2. The summed E-state index contributed by atoms with van der Waals surface area (Å²) in [4.78, 5) is 22.1. The second-order valence-electron chi connectivity index (χ2n) is 4.85. The minimum Gasteiger partial charge on any atom is -0.348 e. The molecule has 6 nitrogen and oxygen atoms in total. The molecule has 0 saturated heterocycles. The van der Waals surface area contributed by atoms with Gasteiger partial charge in [0, 0.05) is 12.1 Å². The second kappa shape index (κ2) is 6.29. The Bertz CT molecular complexity index is 474. The van der Waals surface area contributed by atoms with Crippen molar-refractivity contribution in [2.45, 2.75) is 32.9 Å². The third-order valence-electron chi connectivity index (χ3n) is 2.96. The Morgan fingerprint density at radius 3 is 2.53 bits per heavy atom. The van der Waals surface area contributed by atoms with Gasteiger partial charge in [0.15, 0.2) is 0 Å². The average molecular weight is 265 g/mol. The van der Waals surface area contributed by atoms with E-state index >= 15 is 0 Å². The van der Waals surface area contributed by atoms with E-state index in [-0.39, 0.29) is 23.6 Å². The fraction of sp³-hybridized carbons (Fsp3) is 0.462. The van der Waals surface area contributed by atoms with E-state index in [0.717, 1.165) is 0 Å². The lowest BCUT2D eigenvalue weighted by Crippen LogP contribution is -2.44. The van der Waals surface area contributed by atoms with E-state index in [1.807, 2.05) is 13.8 Å². The summed E-state index contributed by atoms with van der Waals surface area (Å²) in [6.45, 7) is 5.49. The molecule has 6 heteroatoms. The predicted molar refractivity (Wildman–Crippen MR) is 72.5 cm³/mol. The number of nitrogens with one attached hydrogen (secondary N) is 1. The number of carbonyl (C=O) groups excluding carboxylic acids is 1. The summed E-state index contributed by atoms with van der Waals surface area (Å²) in [6, 6.07) is 5.29. The van der Waals surface area contributed by atoms with Crippen molar-refractivity contribution in [2.75, 3.05) is 0 Å². The van der Waals surface area contributed by atoms with Crippen LogP contribution in [0.4, 0.5) is 5.69 Å². The minimum atomic E-state index is -0.582. The molecule has 0 aliphatic carbocycles. The quantitative estimate of drug-likeness (QED) is 0.626. The first-order chi connectivity index (χ1) is 8.82. The Morgan fingerprint density at radius 2 is 2.00 bits per heavy atom. The maximum atomic E-state index is 11.8. The van der Waals surface area contributed by atoms with Crippen LogP contribution in [0.2, 0.25) is 0 Å². The number of nitro groups is 1. The molecular weight excluding hydrogens is 246 g/mol. The van der Waals surface area contributed by atoms with Crippen LogP contribution in [0.25, 0.3) is 0 Å². The third kappa shape index (κ3) is 4.03. The molecule has 1 rings (SSSR count). The van der Waals surface area contributed by atoms with Gasteiger partial charge in [-0.15, -0.1) is 0 Å². The molecule has 19 heavy (non-hydrogen) atoms. The second-order valence-corrected chi connectivity index (χ2v) is 4.85. The number of carbonyl (C=O) groups is 1. The van der Waals surface area contributed by atoms with Crippen molar-refractivity contribution in [1.29, 1.82) is 0 Å². The molecule has 0 aromatic heterocycles. The molecule has 2 unspecified atom stereocenters. The number of nitro benzene ring substituents is 1. The number of hydrogen-bond acceptors (Lipinski definition) is 4. The maximum absolute atomic E-state index is 11.8. The van der Waals surface area contributed by atoms with E-state index < -0.39 is 11.0 Å². The molecule has 1 amide bonds. The van der Waals surface area contributed by atoms with E-state index in [9.17, 15) is 14.9 Å². The lowest BCUT2D eigenvalue weighted by molar-refractivity contribution is -0.384. The summed E-state index contributed by atoms with van der Waals surface area (Å²) < 4.78 is 0. The predicted octanol–water partition coefficient (Wildman–Crippen LogP) is 1.76. The first-order valence-corrected chi connectivity index (χ1v) is 6.13. The Hall–Kier alpha value is -1.95. The highest BCUT2D eigenvalue weighted by Gasteiger charge is 2.20. The zero-order valence-electron chi connectivity index (χ0n) is 11.3. The molecule has 0 aliphatic rings. The number of non-ortho nitro benzene ring substituents is 1. The summed E-state index contributed by atoms with van der Waals surface area (Å²) in [5, 5.41) is 13.5. The number of nitrogens with zero attached hydrogens (tertiary/aromatic N) is 1. The van der Waals surface area contributed by atoms with E-state index in [1.165, 1.54) is 12.1 Å². The summed E-state index contributed by atoms with van der Waals surface area (Å²) in [7, 11) is 0. The Labute approximate surface area is 112 Å². The van der Waals surface area contributed by atoms with Gasteiger partial charge in [0.25, 0.3) is 5.69 Å². The van der Waals surface area contributed by atoms with Gasteiger partial charge in [-0.25, -0.2) is 0 Å². The molecular formula is C13H19N3O3. The van der Waals surface area contributed by atoms with Crippen molar-refractivity contribution >= 4 is 11.6 Å². The zero-order chi connectivity index (χ0) is 14.6. The molecule has 2 atom stereocenters. The van der Waals surface area contributed by atoms with Crippen LogP contribution in [-0.2, 0) is 4.79 Å². The highest BCUT2D eigenvalue weighted by Crippen LogP contribution is 2.19. The fourth-order valence-corrected chi connectivity index (χ4v) is 1.60. The molecule has 0 heterocycles. The lowest BCUT2D eigenvalue weighted by Gasteiger charge is -2.19. The van der Waals surface area contributed by atoms with Gasteiger partial charge in [-0.3, -0.25) is 14.9 Å². The standard InChI is InChI=1S/C13H19N3O3/c1-8(2)12(14)13(17)15-9(3)10-5-4-6-11(7-10)16(18)19/h4-9,12H,14H2,1-3H3,(H,15,17). The van der Waals surface area contributed by atoms with Gasteiger partial charge < -0.3 is 11.1 Å². The normalized spacial score (nSPS) is 13.9. The number of amides is 1. The fourth-order valence-electron chi connectivity index (χ4n) is 1.60. The monoisotopic (exact) mass is 265 g/mol. The molecule has 3 N–H and O–H groups in total. The van der Waals surface area contributed by atoms with Crippen LogP contribution < -0.4 is 11.1 Å². The van der Waals surface area contributed by atoms with Crippen LogP contribution in [0.15, 0.2) is 24.3 Å². The Balaban J connectivity index is 2.78. The summed E-state index contributed by atoms with van der Waals surface area (Å²) >= 11 is 0. The smallest absolute Gasteiger partial charge is 0.269 e. The van der Waals surface area contributed by atoms with Gasteiger partial charge in [0.05, 0.1) is 17.0 Å². The molecule has 0 saturated carbocycles. The van der Waals surface area contributed by atoms with Crippen LogP contribution in [0.1, 0.15) is 32.4 Å². The first-order valence-electron chi connectivity index (χ1n) is 6.13. The van der Waals surface area contributed by atoms with Crippen molar-refractivity contribution in [2.24, 2.45) is 11.7 Å². The maximum Gasteiger partial charge on any atom is 0.269 e. The van der Waals surface area contributed by atoms with Crippen molar-refractivity contribution in [3.63, 3.8) is 0 Å². The van der Waals surface area contributed by atoms with E-state index in [1.54, 1.807) is 19.1 Å². The first kappa shape index (κ1) is 15.1. The van der Waals surface area contributed by atoms with E-state index in [0.29, 0.717) is 5.56 Å². The number of nitrogens with two attached hydrogens (primary N) is 1. The topological polar surface area (TPSA) is 98.3 Å². The number of benzene rings is 1. The Morgan fingerprint density at radius 1 is 1.37 bits per heavy atom. The molecule has 0 radical (unpaired) electrons. The minimum absolute atomic E-state index is 0.00626. The Kier molecular flexibility index (Phi) is 5.00. The van der Waals surface area contributed by atoms with E-state index in [2.05, 4.69) is 5.32 Å². The largest absolute Gasteiger partial charge is 0.348 e. The van der Waals surface area contributed by atoms with Crippen molar-refractivity contribution in [3.8, 4) is 0 Å². The van der Waals surface area contributed by atoms with Crippen LogP contribution in [0.3, 0.4) is 0 Å². The van der Waals surface area contributed by atoms with Gasteiger partial charge >= 0.3 is 0 Å². The summed E-state index contributed by atoms with van der Waals surface area (Å²) in [5.74, 6) is -0.216. The molecule has 0 fully saturated rings. The highest BCUT2D eigenvalue weighted by molar-refractivity contribution is 5.82.